The van der Waals surface area contributed by atoms with Crippen molar-refractivity contribution in [1.82, 2.24) is 24.7 Å². The first-order chi connectivity index (χ1) is 16.4. The van der Waals surface area contributed by atoms with Crippen molar-refractivity contribution >= 4 is 17.0 Å². The van der Waals surface area contributed by atoms with Crippen LogP contribution < -0.4 is 10.5 Å². The molecule has 10 heteroatoms. The molecular formula is C24H24N6O4. The SMILES string of the molecule is Cc1cc(C(C)(O)C#Cc2ccc3nc(OC4CCOCC4)n(-c4ccnc(N)n4)c3c2)no1. The van der Waals surface area contributed by atoms with Crippen LogP contribution in [-0.2, 0) is 10.3 Å². The maximum Gasteiger partial charge on any atom is 0.303 e. The van der Waals surface area contributed by atoms with Gasteiger partial charge in [0.15, 0.2) is 5.60 Å². The zero-order valence-corrected chi connectivity index (χ0v) is 18.9. The van der Waals surface area contributed by atoms with Crippen LogP contribution in [0.3, 0.4) is 0 Å². The van der Waals surface area contributed by atoms with Gasteiger partial charge in [-0.2, -0.15) is 9.97 Å². The highest BCUT2D eigenvalue weighted by atomic mass is 16.5. The number of anilines is 1. The monoisotopic (exact) mass is 460 g/mol. The number of hydrogen-bond acceptors (Lipinski definition) is 9. The van der Waals surface area contributed by atoms with Gasteiger partial charge in [-0.3, -0.25) is 0 Å². The third-order valence-corrected chi connectivity index (χ3v) is 5.53. The number of nitrogens with two attached hydrogens (primary N) is 1. The van der Waals surface area contributed by atoms with E-state index in [1.54, 1.807) is 36.7 Å². The Morgan fingerprint density at radius 2 is 2.03 bits per heavy atom. The van der Waals surface area contributed by atoms with Crippen LogP contribution in [-0.4, -0.2) is 49.1 Å². The molecule has 1 aliphatic heterocycles. The van der Waals surface area contributed by atoms with Gasteiger partial charge >= 0.3 is 6.01 Å². The van der Waals surface area contributed by atoms with Gasteiger partial charge in [-0.1, -0.05) is 17.0 Å². The summed E-state index contributed by atoms with van der Waals surface area (Å²) < 4.78 is 18.6. The Balaban J connectivity index is 1.56. The fraction of sp³-hybridized carbons (Fsp3) is 0.333. The highest BCUT2D eigenvalue weighted by Crippen LogP contribution is 2.28. The summed E-state index contributed by atoms with van der Waals surface area (Å²) in [5.74, 6) is 7.18. The minimum Gasteiger partial charge on any atom is -0.461 e. The Morgan fingerprint density at radius 1 is 1.21 bits per heavy atom. The van der Waals surface area contributed by atoms with Gasteiger partial charge in [-0.05, 0) is 32.0 Å². The topological polar surface area (TPSA) is 134 Å². The largest absolute Gasteiger partial charge is 0.461 e. The number of fused-ring (bicyclic) bond motifs is 1. The average Bonchev–Trinajstić information content (AvgIpc) is 3.42. The third-order valence-electron chi connectivity index (χ3n) is 5.53. The maximum atomic E-state index is 10.7. The lowest BCUT2D eigenvalue weighted by Crippen LogP contribution is -2.27. The van der Waals surface area contributed by atoms with Crippen LogP contribution >= 0.6 is 0 Å². The predicted molar refractivity (Wildman–Crippen MR) is 123 cm³/mol. The van der Waals surface area contributed by atoms with Gasteiger partial charge < -0.3 is 24.8 Å². The number of aliphatic hydroxyl groups is 1. The summed E-state index contributed by atoms with van der Waals surface area (Å²) in [6, 6.07) is 9.37. The first-order valence-corrected chi connectivity index (χ1v) is 10.9. The molecule has 4 aromatic rings. The van der Waals surface area contributed by atoms with Gasteiger partial charge in [0.05, 0.1) is 24.2 Å². The van der Waals surface area contributed by atoms with E-state index in [0.717, 1.165) is 18.4 Å². The molecule has 0 radical (unpaired) electrons. The Hall–Kier alpha value is -3.94. The molecule has 1 atom stereocenters. The molecule has 1 aliphatic rings. The first-order valence-electron chi connectivity index (χ1n) is 10.9. The van der Waals surface area contributed by atoms with E-state index < -0.39 is 5.60 Å². The lowest BCUT2D eigenvalue weighted by molar-refractivity contribution is 0.0212. The van der Waals surface area contributed by atoms with Crippen molar-refractivity contribution in [2.75, 3.05) is 18.9 Å². The summed E-state index contributed by atoms with van der Waals surface area (Å²) in [5, 5.41) is 14.6. The minimum absolute atomic E-state index is 0.0104. The third kappa shape index (κ3) is 4.44. The number of rotatable bonds is 4. The van der Waals surface area contributed by atoms with Crippen molar-refractivity contribution in [2.24, 2.45) is 0 Å². The molecule has 34 heavy (non-hydrogen) atoms. The zero-order valence-electron chi connectivity index (χ0n) is 18.9. The molecule has 0 aliphatic carbocycles. The minimum atomic E-state index is -1.47. The molecule has 0 bridgehead atoms. The highest BCUT2D eigenvalue weighted by molar-refractivity contribution is 5.80. The van der Waals surface area contributed by atoms with Crippen molar-refractivity contribution < 1.29 is 19.1 Å². The second-order valence-electron chi connectivity index (χ2n) is 8.28. The quantitative estimate of drug-likeness (QED) is 0.440. The molecule has 0 amide bonds. The van der Waals surface area contributed by atoms with E-state index in [4.69, 9.17) is 24.7 Å². The molecule has 3 aromatic heterocycles. The second kappa shape index (κ2) is 8.78. The van der Waals surface area contributed by atoms with E-state index in [2.05, 4.69) is 27.0 Å². The molecule has 4 heterocycles. The molecule has 5 rings (SSSR count). The Kier molecular flexibility index (Phi) is 5.65. The molecule has 1 fully saturated rings. The number of imidazole rings is 1. The first kappa shape index (κ1) is 21.9. The predicted octanol–water partition coefficient (Wildman–Crippen LogP) is 2.51. The summed E-state index contributed by atoms with van der Waals surface area (Å²) in [7, 11) is 0. The van der Waals surface area contributed by atoms with E-state index in [-0.39, 0.29) is 12.1 Å². The number of nitrogen functional groups attached to an aromatic ring is 1. The van der Waals surface area contributed by atoms with E-state index in [0.29, 0.717) is 47.6 Å². The van der Waals surface area contributed by atoms with Gasteiger partial charge in [-0.25, -0.2) is 9.55 Å². The molecule has 1 aromatic carbocycles. The molecular weight excluding hydrogens is 436 g/mol. The van der Waals surface area contributed by atoms with Crippen LogP contribution in [0.4, 0.5) is 5.95 Å². The van der Waals surface area contributed by atoms with E-state index in [1.807, 2.05) is 18.2 Å². The number of benzene rings is 1. The normalized spacial score (nSPS) is 16.1. The Bertz CT molecular complexity index is 1390. The van der Waals surface area contributed by atoms with Gasteiger partial charge in [0.25, 0.3) is 0 Å². The molecule has 10 nitrogen and oxygen atoms in total. The number of aryl methyl sites for hydroxylation is 1. The molecule has 3 N–H and O–H groups in total. The fourth-order valence-electron chi connectivity index (χ4n) is 3.72. The standard InChI is InChI=1S/C24H24N6O4/c1-15-13-20(29-34-15)24(2,31)9-5-16-3-4-18-19(14-16)30(21-6-10-26-22(25)28-21)23(27-18)33-17-7-11-32-12-8-17/h3-4,6,10,13-14,17,31H,7-8,11-12H2,1-2H3,(H2,25,26,28). The van der Waals surface area contributed by atoms with E-state index in [1.165, 1.54) is 0 Å². The number of ether oxygens (including phenoxy) is 2. The maximum absolute atomic E-state index is 10.7. The smallest absolute Gasteiger partial charge is 0.303 e. The van der Waals surface area contributed by atoms with Gasteiger partial charge in [0.1, 0.15) is 23.4 Å². The second-order valence-corrected chi connectivity index (χ2v) is 8.28. The fourth-order valence-corrected chi connectivity index (χ4v) is 3.72. The molecule has 174 valence electrons. The van der Waals surface area contributed by atoms with Crippen molar-refractivity contribution in [3.05, 3.63) is 53.5 Å². The number of aromatic nitrogens is 5. The molecule has 0 saturated carbocycles. The molecule has 1 unspecified atom stereocenters. The average molecular weight is 460 g/mol. The van der Waals surface area contributed by atoms with Crippen molar-refractivity contribution in [2.45, 2.75) is 38.4 Å². The van der Waals surface area contributed by atoms with Gasteiger partial charge in [0.2, 0.25) is 5.95 Å². The summed E-state index contributed by atoms with van der Waals surface area (Å²) in [5.41, 5.74) is 6.86. The van der Waals surface area contributed by atoms with E-state index in [9.17, 15) is 5.11 Å². The lowest BCUT2D eigenvalue weighted by Gasteiger charge is -2.23. The number of hydrogen-bond donors (Lipinski definition) is 2. The van der Waals surface area contributed by atoms with Crippen molar-refractivity contribution in [3.8, 4) is 23.7 Å². The Labute approximate surface area is 195 Å². The lowest BCUT2D eigenvalue weighted by atomic mass is 10.0. The Morgan fingerprint density at radius 3 is 2.76 bits per heavy atom. The zero-order chi connectivity index (χ0) is 23.7. The number of nitrogens with zero attached hydrogens (tertiary/aromatic N) is 5. The van der Waals surface area contributed by atoms with E-state index >= 15 is 0 Å². The van der Waals surface area contributed by atoms with Crippen LogP contribution in [0.5, 0.6) is 6.01 Å². The summed E-state index contributed by atoms with van der Waals surface area (Å²) >= 11 is 0. The van der Waals surface area contributed by atoms with Crippen LogP contribution in [0.1, 0.15) is 36.8 Å². The van der Waals surface area contributed by atoms with Crippen LogP contribution in [0.25, 0.3) is 16.9 Å². The van der Waals surface area contributed by atoms with Crippen LogP contribution in [0.15, 0.2) is 41.1 Å². The summed E-state index contributed by atoms with van der Waals surface area (Å²) in [4.78, 5) is 13.1. The summed E-state index contributed by atoms with van der Waals surface area (Å²) in [6.45, 7) is 4.63. The highest BCUT2D eigenvalue weighted by Gasteiger charge is 2.25. The molecule has 1 saturated heterocycles. The van der Waals surface area contributed by atoms with Crippen molar-refractivity contribution in [1.29, 1.82) is 0 Å². The van der Waals surface area contributed by atoms with Gasteiger partial charge in [-0.15, -0.1) is 0 Å². The van der Waals surface area contributed by atoms with Crippen molar-refractivity contribution in [3.63, 3.8) is 0 Å². The molecule has 0 spiro atoms. The van der Waals surface area contributed by atoms with Crippen LogP contribution in [0.2, 0.25) is 0 Å². The summed E-state index contributed by atoms with van der Waals surface area (Å²) in [6.07, 6.45) is 3.14. The van der Waals surface area contributed by atoms with Crippen LogP contribution in [0, 0.1) is 18.8 Å². The van der Waals surface area contributed by atoms with Gasteiger partial charge in [0, 0.05) is 36.7 Å².